The topological polar surface area (TPSA) is 29.3 Å². The van der Waals surface area contributed by atoms with Crippen LogP contribution in [0.3, 0.4) is 0 Å². The second-order valence-corrected chi connectivity index (χ2v) is 5.29. The van der Waals surface area contributed by atoms with Crippen LogP contribution in [0.2, 0.25) is 5.02 Å². The number of nitrogens with zero attached hydrogens (tertiary/aromatic N) is 1. The predicted molar refractivity (Wildman–Crippen MR) is 82.8 cm³/mol. The molecule has 106 valence electrons. The lowest BCUT2D eigenvalue weighted by Gasteiger charge is -2.31. The van der Waals surface area contributed by atoms with E-state index in [1.807, 2.05) is 38.2 Å². The van der Waals surface area contributed by atoms with Gasteiger partial charge in [0.15, 0.2) is 0 Å². The second kappa shape index (κ2) is 6.25. The molecule has 2 rings (SSSR count). The highest BCUT2D eigenvalue weighted by atomic mass is 35.5. The zero-order chi connectivity index (χ0) is 14.7. The van der Waals surface area contributed by atoms with Crippen molar-refractivity contribution >= 4 is 17.3 Å². The number of anilines is 1. The van der Waals surface area contributed by atoms with Crippen LogP contribution < -0.4 is 10.6 Å². The number of hydrogen-bond donors (Lipinski definition) is 1. The van der Waals surface area contributed by atoms with Crippen molar-refractivity contribution in [3.05, 3.63) is 64.4 Å². The van der Waals surface area contributed by atoms with Crippen molar-refractivity contribution < 1.29 is 4.39 Å². The van der Waals surface area contributed by atoms with Gasteiger partial charge in [0.2, 0.25) is 0 Å². The standard InChI is InChI=1S/C16H18ClFN2/c1-11-5-3-4-6-15(11)20(2)16(10-19)12-7-13(17)9-14(18)8-12/h3-9,16H,10,19H2,1-2H3. The Hall–Kier alpha value is -1.58. The average Bonchev–Trinajstić information content (AvgIpc) is 2.38. The average molecular weight is 293 g/mol. The van der Waals surface area contributed by atoms with E-state index in [2.05, 4.69) is 4.90 Å². The van der Waals surface area contributed by atoms with Gasteiger partial charge in [0.05, 0.1) is 6.04 Å². The molecule has 0 amide bonds. The molecular weight excluding hydrogens is 275 g/mol. The van der Waals surface area contributed by atoms with Crippen molar-refractivity contribution in [2.24, 2.45) is 5.73 Å². The number of aryl methyl sites for hydroxylation is 1. The summed E-state index contributed by atoms with van der Waals surface area (Å²) in [5.74, 6) is -0.343. The molecule has 0 bridgehead atoms. The molecule has 0 radical (unpaired) electrons. The molecule has 1 unspecified atom stereocenters. The first-order valence-corrected chi connectivity index (χ1v) is 6.85. The molecule has 20 heavy (non-hydrogen) atoms. The van der Waals surface area contributed by atoms with Crippen molar-refractivity contribution in [1.82, 2.24) is 0 Å². The summed E-state index contributed by atoms with van der Waals surface area (Å²) in [7, 11) is 1.96. The molecule has 1 atom stereocenters. The van der Waals surface area contributed by atoms with Crippen molar-refractivity contribution in [2.75, 3.05) is 18.5 Å². The lowest BCUT2D eigenvalue weighted by atomic mass is 10.0. The zero-order valence-corrected chi connectivity index (χ0v) is 12.4. The number of hydrogen-bond acceptors (Lipinski definition) is 2. The van der Waals surface area contributed by atoms with E-state index in [1.54, 1.807) is 6.07 Å². The van der Waals surface area contributed by atoms with Gasteiger partial charge in [-0.15, -0.1) is 0 Å². The molecule has 4 heteroatoms. The fourth-order valence-electron chi connectivity index (χ4n) is 2.41. The Morgan fingerprint density at radius 1 is 1.25 bits per heavy atom. The summed E-state index contributed by atoms with van der Waals surface area (Å²) in [6.07, 6.45) is 0. The first kappa shape index (κ1) is 14.8. The Morgan fingerprint density at radius 2 is 1.95 bits per heavy atom. The van der Waals surface area contributed by atoms with Crippen LogP contribution in [0.1, 0.15) is 17.2 Å². The lowest BCUT2D eigenvalue weighted by molar-refractivity contribution is 0.615. The lowest BCUT2D eigenvalue weighted by Crippen LogP contribution is -2.31. The van der Waals surface area contributed by atoms with Crippen LogP contribution in [0.5, 0.6) is 0 Å². The maximum Gasteiger partial charge on any atom is 0.125 e. The minimum atomic E-state index is -0.343. The molecule has 0 heterocycles. The van der Waals surface area contributed by atoms with Crippen LogP contribution in [0.25, 0.3) is 0 Å². The molecule has 0 spiro atoms. The summed E-state index contributed by atoms with van der Waals surface area (Å²) >= 11 is 5.93. The van der Waals surface area contributed by atoms with Crippen LogP contribution in [0, 0.1) is 12.7 Å². The monoisotopic (exact) mass is 292 g/mol. The second-order valence-electron chi connectivity index (χ2n) is 4.85. The molecule has 2 N–H and O–H groups in total. The van der Waals surface area contributed by atoms with Crippen LogP contribution in [0.15, 0.2) is 42.5 Å². The quantitative estimate of drug-likeness (QED) is 0.925. The van der Waals surface area contributed by atoms with Gasteiger partial charge in [0, 0.05) is 24.3 Å². The molecule has 0 saturated heterocycles. The SMILES string of the molecule is Cc1ccccc1N(C)C(CN)c1cc(F)cc(Cl)c1. The number of likely N-dealkylation sites (N-methyl/N-ethyl adjacent to an activating group) is 1. The van der Waals surface area contributed by atoms with Gasteiger partial charge in [-0.25, -0.2) is 4.39 Å². The van der Waals surface area contributed by atoms with E-state index >= 15 is 0 Å². The third-order valence-corrected chi connectivity index (χ3v) is 3.67. The summed E-state index contributed by atoms with van der Waals surface area (Å²) < 4.78 is 13.5. The maximum atomic E-state index is 13.5. The van der Waals surface area contributed by atoms with E-state index in [0.29, 0.717) is 11.6 Å². The smallest absolute Gasteiger partial charge is 0.125 e. The maximum absolute atomic E-state index is 13.5. The molecule has 2 aromatic rings. The third kappa shape index (κ3) is 3.11. The first-order valence-electron chi connectivity index (χ1n) is 6.47. The molecule has 2 nitrogen and oxygen atoms in total. The Kier molecular flexibility index (Phi) is 4.63. The minimum Gasteiger partial charge on any atom is -0.366 e. The van der Waals surface area contributed by atoms with Gasteiger partial charge in [-0.3, -0.25) is 0 Å². The van der Waals surface area contributed by atoms with E-state index in [4.69, 9.17) is 17.3 Å². The number of benzene rings is 2. The van der Waals surface area contributed by atoms with E-state index in [0.717, 1.165) is 16.8 Å². The number of nitrogens with two attached hydrogens (primary N) is 1. The Bertz CT molecular complexity index is 581. The Balaban J connectivity index is 2.39. The summed E-state index contributed by atoms with van der Waals surface area (Å²) in [5.41, 5.74) is 8.89. The van der Waals surface area contributed by atoms with Gasteiger partial charge < -0.3 is 10.6 Å². The van der Waals surface area contributed by atoms with Gasteiger partial charge in [0.1, 0.15) is 5.82 Å². The number of rotatable bonds is 4. The summed E-state index contributed by atoms with van der Waals surface area (Å²) in [4.78, 5) is 2.06. The highest BCUT2D eigenvalue weighted by Crippen LogP contribution is 2.29. The van der Waals surface area contributed by atoms with E-state index in [-0.39, 0.29) is 11.9 Å². The summed E-state index contributed by atoms with van der Waals surface area (Å²) in [5, 5.41) is 0.386. The molecule has 2 aromatic carbocycles. The van der Waals surface area contributed by atoms with E-state index in [1.165, 1.54) is 12.1 Å². The molecule has 0 aliphatic heterocycles. The molecule has 0 aromatic heterocycles. The van der Waals surface area contributed by atoms with Crippen LogP contribution in [0.4, 0.5) is 10.1 Å². The van der Waals surface area contributed by atoms with Gasteiger partial charge in [-0.2, -0.15) is 0 Å². The van der Waals surface area contributed by atoms with Crippen molar-refractivity contribution in [3.8, 4) is 0 Å². The fourth-order valence-corrected chi connectivity index (χ4v) is 2.64. The van der Waals surface area contributed by atoms with Crippen LogP contribution in [-0.4, -0.2) is 13.6 Å². The molecule has 0 aliphatic carbocycles. The van der Waals surface area contributed by atoms with E-state index < -0.39 is 0 Å². The Labute approximate surface area is 124 Å². The van der Waals surface area contributed by atoms with Crippen molar-refractivity contribution in [3.63, 3.8) is 0 Å². The Morgan fingerprint density at radius 3 is 2.55 bits per heavy atom. The largest absolute Gasteiger partial charge is 0.366 e. The molecule has 0 aliphatic rings. The number of para-hydroxylation sites is 1. The van der Waals surface area contributed by atoms with Crippen LogP contribution >= 0.6 is 11.6 Å². The normalized spacial score (nSPS) is 12.2. The fraction of sp³-hybridized carbons (Fsp3) is 0.250. The highest BCUT2D eigenvalue weighted by Gasteiger charge is 2.18. The third-order valence-electron chi connectivity index (χ3n) is 3.46. The van der Waals surface area contributed by atoms with Crippen molar-refractivity contribution in [1.29, 1.82) is 0 Å². The molecular formula is C16H18ClFN2. The van der Waals surface area contributed by atoms with Crippen LogP contribution in [-0.2, 0) is 0 Å². The van der Waals surface area contributed by atoms with Gasteiger partial charge in [-0.1, -0.05) is 29.8 Å². The molecule has 0 fully saturated rings. The highest BCUT2D eigenvalue weighted by molar-refractivity contribution is 6.30. The zero-order valence-electron chi connectivity index (χ0n) is 11.6. The first-order chi connectivity index (χ1) is 9.52. The minimum absolute atomic E-state index is 0.121. The van der Waals surface area contributed by atoms with Gasteiger partial charge in [0.25, 0.3) is 0 Å². The molecule has 0 saturated carbocycles. The van der Waals surface area contributed by atoms with E-state index in [9.17, 15) is 4.39 Å². The number of halogens is 2. The van der Waals surface area contributed by atoms with Gasteiger partial charge in [-0.05, 0) is 42.3 Å². The van der Waals surface area contributed by atoms with Crippen molar-refractivity contribution in [2.45, 2.75) is 13.0 Å². The van der Waals surface area contributed by atoms with Gasteiger partial charge >= 0.3 is 0 Å². The summed E-state index contributed by atoms with van der Waals surface area (Å²) in [6, 6.07) is 12.5. The summed E-state index contributed by atoms with van der Waals surface area (Å²) in [6.45, 7) is 2.42. The predicted octanol–water partition coefficient (Wildman–Crippen LogP) is 3.92.